The van der Waals surface area contributed by atoms with Crippen LogP contribution in [-0.4, -0.2) is 21.9 Å². The molecule has 0 bridgehead atoms. The first-order valence-electron chi connectivity index (χ1n) is 5.74. The molecule has 1 amide bonds. The molecule has 0 aliphatic rings. The van der Waals surface area contributed by atoms with Crippen LogP contribution in [0.3, 0.4) is 0 Å². The average Bonchev–Trinajstić information content (AvgIpc) is 2.77. The third-order valence-electron chi connectivity index (χ3n) is 2.32. The summed E-state index contributed by atoms with van der Waals surface area (Å²) >= 11 is 1.14. The smallest absolute Gasteiger partial charge is 0.257 e. The molecule has 1 aromatic carbocycles. The molecule has 6 nitrogen and oxygen atoms in total. The van der Waals surface area contributed by atoms with Gasteiger partial charge >= 0.3 is 0 Å². The number of nitrogen functional groups attached to an aromatic ring is 1. The van der Waals surface area contributed by atoms with Crippen molar-refractivity contribution in [2.75, 3.05) is 17.7 Å². The number of nitrogens with one attached hydrogen (secondary N) is 1. The van der Waals surface area contributed by atoms with E-state index in [0.717, 1.165) is 11.5 Å². The Bertz CT molecular complexity index is 597. The van der Waals surface area contributed by atoms with Crippen LogP contribution in [0.4, 0.5) is 10.8 Å². The van der Waals surface area contributed by atoms with Crippen molar-refractivity contribution < 1.29 is 9.53 Å². The first-order valence-corrected chi connectivity index (χ1v) is 6.51. The minimum Gasteiger partial charge on any atom is -0.492 e. The molecule has 0 aliphatic heterocycles. The van der Waals surface area contributed by atoms with E-state index in [0.29, 0.717) is 34.6 Å². The molecule has 0 spiro atoms. The van der Waals surface area contributed by atoms with E-state index in [1.807, 2.05) is 6.92 Å². The van der Waals surface area contributed by atoms with E-state index in [-0.39, 0.29) is 5.91 Å². The molecule has 0 unspecified atom stereocenters. The second kappa shape index (κ2) is 5.66. The molecular weight excluding hydrogens is 264 g/mol. The van der Waals surface area contributed by atoms with Gasteiger partial charge in [0.05, 0.1) is 12.3 Å². The second-order valence-electron chi connectivity index (χ2n) is 3.79. The Morgan fingerprint density at radius 2 is 2.32 bits per heavy atom. The third-order valence-corrected chi connectivity index (χ3v) is 3.04. The van der Waals surface area contributed by atoms with Gasteiger partial charge in [-0.2, -0.15) is 4.37 Å². The van der Waals surface area contributed by atoms with E-state index in [4.69, 9.17) is 10.5 Å². The van der Waals surface area contributed by atoms with Crippen molar-refractivity contribution in [3.05, 3.63) is 29.6 Å². The summed E-state index contributed by atoms with van der Waals surface area (Å²) in [4.78, 5) is 16.0. The van der Waals surface area contributed by atoms with Gasteiger partial charge in [-0.1, -0.05) is 0 Å². The van der Waals surface area contributed by atoms with Crippen LogP contribution in [0.25, 0.3) is 0 Å². The summed E-state index contributed by atoms with van der Waals surface area (Å²) in [5, 5.41) is 3.13. The number of anilines is 2. The molecule has 2 rings (SSSR count). The maximum Gasteiger partial charge on any atom is 0.257 e. The monoisotopic (exact) mass is 278 g/mol. The zero-order valence-corrected chi connectivity index (χ0v) is 11.5. The first-order chi connectivity index (χ1) is 9.10. The number of aryl methyl sites for hydroxylation is 1. The number of carbonyl (C=O) groups excluding carboxylic acids is 1. The second-order valence-corrected chi connectivity index (χ2v) is 4.54. The Kier molecular flexibility index (Phi) is 3.96. The third kappa shape index (κ3) is 3.19. The standard InChI is InChI=1S/C12H14N4O2S/c1-3-18-10-5-4-8(6-9(10)13)11(17)15-12-14-7(2)16-19-12/h4-6H,3,13H2,1-2H3,(H,14,15,16,17). The molecule has 100 valence electrons. The number of carbonyl (C=O) groups is 1. The van der Waals surface area contributed by atoms with E-state index in [1.165, 1.54) is 0 Å². The Labute approximate surface area is 114 Å². The Morgan fingerprint density at radius 1 is 1.53 bits per heavy atom. The lowest BCUT2D eigenvalue weighted by atomic mass is 10.2. The van der Waals surface area contributed by atoms with Crippen LogP contribution in [0.15, 0.2) is 18.2 Å². The predicted molar refractivity (Wildman–Crippen MR) is 74.6 cm³/mol. The molecule has 0 aliphatic carbocycles. The molecule has 1 aromatic heterocycles. The van der Waals surface area contributed by atoms with Crippen LogP contribution >= 0.6 is 11.5 Å². The lowest BCUT2D eigenvalue weighted by Gasteiger charge is -2.08. The van der Waals surface area contributed by atoms with Gasteiger partial charge in [-0.05, 0) is 32.0 Å². The topological polar surface area (TPSA) is 90.1 Å². The van der Waals surface area contributed by atoms with Gasteiger partial charge in [-0.3, -0.25) is 10.1 Å². The molecule has 0 saturated heterocycles. The molecule has 1 heterocycles. The molecular formula is C12H14N4O2S. The van der Waals surface area contributed by atoms with Crippen LogP contribution in [0, 0.1) is 6.92 Å². The predicted octanol–water partition coefficient (Wildman–Crippen LogP) is 2.08. The highest BCUT2D eigenvalue weighted by Gasteiger charge is 2.11. The van der Waals surface area contributed by atoms with Crippen LogP contribution in [-0.2, 0) is 0 Å². The summed E-state index contributed by atoms with van der Waals surface area (Å²) in [6.45, 7) is 4.17. The average molecular weight is 278 g/mol. The number of hydrogen-bond donors (Lipinski definition) is 2. The quantitative estimate of drug-likeness (QED) is 0.836. The van der Waals surface area contributed by atoms with Gasteiger partial charge < -0.3 is 10.5 Å². The number of hydrogen-bond acceptors (Lipinski definition) is 6. The van der Waals surface area contributed by atoms with Crippen molar-refractivity contribution in [1.82, 2.24) is 9.36 Å². The van der Waals surface area contributed by atoms with Crippen molar-refractivity contribution in [2.45, 2.75) is 13.8 Å². The molecule has 19 heavy (non-hydrogen) atoms. The fraction of sp³-hybridized carbons (Fsp3) is 0.250. The highest BCUT2D eigenvalue weighted by molar-refractivity contribution is 7.09. The fourth-order valence-electron chi connectivity index (χ4n) is 1.49. The SMILES string of the molecule is CCOc1ccc(C(=O)Nc2nc(C)ns2)cc1N. The minimum absolute atomic E-state index is 0.272. The minimum atomic E-state index is -0.272. The van der Waals surface area contributed by atoms with Gasteiger partial charge in [0.15, 0.2) is 0 Å². The van der Waals surface area contributed by atoms with Gasteiger partial charge in [-0.25, -0.2) is 4.98 Å². The van der Waals surface area contributed by atoms with E-state index < -0.39 is 0 Å². The number of nitrogens with two attached hydrogens (primary N) is 1. The highest BCUT2D eigenvalue weighted by Crippen LogP contribution is 2.23. The molecule has 2 aromatic rings. The Balaban J connectivity index is 2.13. The van der Waals surface area contributed by atoms with Gasteiger partial charge in [0.25, 0.3) is 5.91 Å². The van der Waals surface area contributed by atoms with Crippen LogP contribution in [0.1, 0.15) is 23.1 Å². The van der Waals surface area contributed by atoms with Gasteiger partial charge in [0.1, 0.15) is 11.6 Å². The Hall–Kier alpha value is -2.15. The Morgan fingerprint density at radius 3 is 2.89 bits per heavy atom. The normalized spacial score (nSPS) is 10.2. The zero-order valence-electron chi connectivity index (χ0n) is 10.6. The summed E-state index contributed by atoms with van der Waals surface area (Å²) in [5.74, 6) is 0.934. The summed E-state index contributed by atoms with van der Waals surface area (Å²) in [6, 6.07) is 4.91. The number of benzene rings is 1. The molecule has 0 radical (unpaired) electrons. The number of nitrogens with zero attached hydrogens (tertiary/aromatic N) is 2. The van der Waals surface area contributed by atoms with Crippen LogP contribution < -0.4 is 15.8 Å². The van der Waals surface area contributed by atoms with Crippen LogP contribution in [0.5, 0.6) is 5.75 Å². The number of amides is 1. The zero-order chi connectivity index (χ0) is 13.8. The molecule has 0 fully saturated rings. The number of rotatable bonds is 4. The summed E-state index contributed by atoms with van der Waals surface area (Å²) in [6.07, 6.45) is 0. The van der Waals surface area contributed by atoms with Crippen molar-refractivity contribution >= 4 is 28.3 Å². The molecule has 7 heteroatoms. The maximum absolute atomic E-state index is 12.0. The van der Waals surface area contributed by atoms with Gasteiger partial charge in [0.2, 0.25) is 5.13 Å². The van der Waals surface area contributed by atoms with Crippen molar-refractivity contribution in [2.24, 2.45) is 0 Å². The molecule has 0 atom stereocenters. The molecule has 0 saturated carbocycles. The summed E-state index contributed by atoms with van der Waals surface area (Å²) in [7, 11) is 0. The summed E-state index contributed by atoms with van der Waals surface area (Å²) < 4.78 is 9.31. The van der Waals surface area contributed by atoms with Crippen molar-refractivity contribution in [1.29, 1.82) is 0 Å². The van der Waals surface area contributed by atoms with Gasteiger partial charge in [0, 0.05) is 17.1 Å². The molecule has 3 N–H and O–H groups in total. The van der Waals surface area contributed by atoms with Crippen LogP contribution in [0.2, 0.25) is 0 Å². The fourth-order valence-corrected chi connectivity index (χ4v) is 2.06. The van der Waals surface area contributed by atoms with Gasteiger partial charge in [-0.15, -0.1) is 0 Å². The summed E-state index contributed by atoms with van der Waals surface area (Å²) in [5.41, 5.74) is 6.70. The number of ether oxygens (including phenoxy) is 1. The van der Waals surface area contributed by atoms with E-state index in [2.05, 4.69) is 14.7 Å². The largest absolute Gasteiger partial charge is 0.492 e. The van der Waals surface area contributed by atoms with E-state index in [9.17, 15) is 4.79 Å². The van der Waals surface area contributed by atoms with E-state index in [1.54, 1.807) is 25.1 Å². The lowest BCUT2D eigenvalue weighted by Crippen LogP contribution is -2.12. The first kappa shape index (κ1) is 13.3. The lowest BCUT2D eigenvalue weighted by molar-refractivity contribution is 0.102. The number of aromatic nitrogens is 2. The van der Waals surface area contributed by atoms with Crippen molar-refractivity contribution in [3.8, 4) is 5.75 Å². The highest BCUT2D eigenvalue weighted by atomic mass is 32.1. The van der Waals surface area contributed by atoms with E-state index >= 15 is 0 Å². The van der Waals surface area contributed by atoms with Crippen molar-refractivity contribution in [3.63, 3.8) is 0 Å². The maximum atomic E-state index is 12.0.